The van der Waals surface area contributed by atoms with Crippen LogP contribution in [0.15, 0.2) is 6.07 Å². The molecular formula is C14H21N3OS. The number of methoxy groups -OCH3 is 1. The fourth-order valence-electron chi connectivity index (χ4n) is 2.19. The Kier molecular flexibility index (Phi) is 4.27. The van der Waals surface area contributed by atoms with E-state index in [9.17, 15) is 0 Å². The number of aromatic nitrogens is 2. The largest absolute Gasteiger partial charge is 0.481 e. The van der Waals surface area contributed by atoms with E-state index in [4.69, 9.17) is 4.74 Å². The molecule has 0 unspecified atom stereocenters. The molecule has 0 aliphatic rings. The zero-order valence-electron chi connectivity index (χ0n) is 12.2. The lowest BCUT2D eigenvalue weighted by Gasteiger charge is -2.06. The molecule has 0 amide bonds. The molecule has 0 fully saturated rings. The van der Waals surface area contributed by atoms with Gasteiger partial charge in [0, 0.05) is 29.9 Å². The molecule has 2 aromatic rings. The first-order valence-electron chi connectivity index (χ1n) is 6.36. The van der Waals surface area contributed by atoms with Crippen LogP contribution in [-0.4, -0.2) is 16.9 Å². The third-order valence-electron chi connectivity index (χ3n) is 3.30. The summed E-state index contributed by atoms with van der Waals surface area (Å²) in [5.41, 5.74) is 3.53. The van der Waals surface area contributed by atoms with Gasteiger partial charge in [-0.2, -0.15) is 5.10 Å². The third-order valence-corrected chi connectivity index (χ3v) is 4.45. The van der Waals surface area contributed by atoms with Crippen molar-refractivity contribution < 1.29 is 4.74 Å². The van der Waals surface area contributed by atoms with E-state index in [-0.39, 0.29) is 0 Å². The minimum Gasteiger partial charge on any atom is -0.481 e. The number of hydrogen-bond acceptors (Lipinski definition) is 4. The van der Waals surface area contributed by atoms with Gasteiger partial charge in [-0.15, -0.1) is 11.3 Å². The van der Waals surface area contributed by atoms with Crippen LogP contribution in [0, 0.1) is 20.8 Å². The second-order valence-electron chi connectivity index (χ2n) is 4.75. The van der Waals surface area contributed by atoms with Crippen LogP contribution in [0.4, 0.5) is 0 Å². The Morgan fingerprint density at radius 1 is 1.32 bits per heavy atom. The average molecular weight is 279 g/mol. The Hall–Kier alpha value is -1.33. The van der Waals surface area contributed by atoms with E-state index in [0.29, 0.717) is 0 Å². The predicted octanol–water partition coefficient (Wildman–Crippen LogP) is 2.71. The minimum atomic E-state index is 0.777. The van der Waals surface area contributed by atoms with Gasteiger partial charge >= 0.3 is 0 Å². The highest BCUT2D eigenvalue weighted by atomic mass is 32.1. The van der Waals surface area contributed by atoms with Gasteiger partial charge in [-0.3, -0.25) is 0 Å². The number of thiophene rings is 1. The van der Waals surface area contributed by atoms with Crippen LogP contribution in [0.25, 0.3) is 0 Å². The maximum absolute atomic E-state index is 5.39. The van der Waals surface area contributed by atoms with E-state index in [2.05, 4.69) is 30.3 Å². The normalized spacial score (nSPS) is 11.0. The Bertz CT molecular complexity index is 552. The number of ether oxygens (including phenoxy) is 1. The molecule has 104 valence electrons. The molecular weight excluding hydrogens is 258 g/mol. The van der Waals surface area contributed by atoms with Crippen molar-refractivity contribution in [2.45, 2.75) is 33.9 Å². The van der Waals surface area contributed by atoms with E-state index in [1.165, 1.54) is 15.3 Å². The maximum Gasteiger partial charge on any atom is 0.216 e. The van der Waals surface area contributed by atoms with E-state index in [1.807, 2.05) is 25.3 Å². The summed E-state index contributed by atoms with van der Waals surface area (Å²) in [7, 11) is 3.59. The van der Waals surface area contributed by atoms with Crippen LogP contribution >= 0.6 is 11.3 Å². The Morgan fingerprint density at radius 3 is 2.63 bits per heavy atom. The van der Waals surface area contributed by atoms with Crippen LogP contribution in [0.3, 0.4) is 0 Å². The monoisotopic (exact) mass is 279 g/mol. The number of aryl methyl sites for hydroxylation is 4. The lowest BCUT2D eigenvalue weighted by atomic mass is 10.2. The van der Waals surface area contributed by atoms with Crippen molar-refractivity contribution in [1.29, 1.82) is 0 Å². The first-order chi connectivity index (χ1) is 9.02. The van der Waals surface area contributed by atoms with Gasteiger partial charge in [0.15, 0.2) is 0 Å². The van der Waals surface area contributed by atoms with E-state index in [1.54, 1.807) is 11.8 Å². The Morgan fingerprint density at radius 2 is 2.05 bits per heavy atom. The molecule has 0 atom stereocenters. The Balaban J connectivity index is 1.99. The van der Waals surface area contributed by atoms with E-state index < -0.39 is 0 Å². The molecule has 19 heavy (non-hydrogen) atoms. The van der Waals surface area contributed by atoms with E-state index in [0.717, 1.165) is 30.2 Å². The van der Waals surface area contributed by atoms with Gasteiger partial charge < -0.3 is 10.1 Å². The number of nitrogens with one attached hydrogen (secondary N) is 1. The van der Waals surface area contributed by atoms with Crippen molar-refractivity contribution in [2.24, 2.45) is 7.05 Å². The quantitative estimate of drug-likeness (QED) is 0.914. The molecule has 0 bridgehead atoms. The van der Waals surface area contributed by atoms with Crippen LogP contribution in [0.1, 0.15) is 26.6 Å². The smallest absolute Gasteiger partial charge is 0.216 e. The molecule has 0 saturated carbocycles. The molecule has 2 rings (SSSR count). The molecule has 0 spiro atoms. The first kappa shape index (κ1) is 14.1. The van der Waals surface area contributed by atoms with Gasteiger partial charge in [0.2, 0.25) is 5.88 Å². The van der Waals surface area contributed by atoms with Crippen molar-refractivity contribution >= 4 is 11.3 Å². The number of rotatable bonds is 5. The summed E-state index contributed by atoms with van der Waals surface area (Å²) in [6.45, 7) is 8.00. The molecule has 0 aliphatic heterocycles. The van der Waals surface area contributed by atoms with Crippen LogP contribution in [0.2, 0.25) is 0 Å². The van der Waals surface area contributed by atoms with Crippen molar-refractivity contribution in [3.8, 4) is 5.88 Å². The van der Waals surface area contributed by atoms with Crippen LogP contribution in [-0.2, 0) is 20.1 Å². The molecule has 1 N–H and O–H groups in total. The number of hydrogen-bond donors (Lipinski definition) is 1. The molecule has 0 saturated heterocycles. The second-order valence-corrected chi connectivity index (χ2v) is 6.09. The van der Waals surface area contributed by atoms with Crippen LogP contribution in [0.5, 0.6) is 5.88 Å². The van der Waals surface area contributed by atoms with Gasteiger partial charge in [-0.25, -0.2) is 4.68 Å². The SMILES string of the molecule is COc1c(CNCc2cc(C)c(C)s2)c(C)nn1C. The third kappa shape index (κ3) is 2.98. The minimum absolute atomic E-state index is 0.777. The summed E-state index contributed by atoms with van der Waals surface area (Å²) in [4.78, 5) is 2.77. The summed E-state index contributed by atoms with van der Waals surface area (Å²) in [6.07, 6.45) is 0. The zero-order chi connectivity index (χ0) is 14.0. The summed E-state index contributed by atoms with van der Waals surface area (Å²) in [6, 6.07) is 2.25. The van der Waals surface area contributed by atoms with Crippen molar-refractivity contribution in [3.05, 3.63) is 32.6 Å². The summed E-state index contributed by atoms with van der Waals surface area (Å²) in [5.74, 6) is 0.837. The molecule has 4 nitrogen and oxygen atoms in total. The van der Waals surface area contributed by atoms with Crippen molar-refractivity contribution in [1.82, 2.24) is 15.1 Å². The molecule has 2 heterocycles. The molecule has 2 aromatic heterocycles. The van der Waals surface area contributed by atoms with Gasteiger partial charge in [0.05, 0.1) is 18.4 Å². The molecule has 0 aliphatic carbocycles. The number of nitrogens with zero attached hydrogens (tertiary/aromatic N) is 2. The highest BCUT2D eigenvalue weighted by Crippen LogP contribution is 2.22. The zero-order valence-corrected chi connectivity index (χ0v) is 13.0. The maximum atomic E-state index is 5.39. The highest BCUT2D eigenvalue weighted by molar-refractivity contribution is 7.12. The van der Waals surface area contributed by atoms with Gasteiger partial charge in [-0.1, -0.05) is 0 Å². The first-order valence-corrected chi connectivity index (χ1v) is 7.17. The lowest BCUT2D eigenvalue weighted by molar-refractivity contribution is 0.368. The predicted molar refractivity (Wildman–Crippen MR) is 78.8 cm³/mol. The van der Waals surface area contributed by atoms with Gasteiger partial charge in [0.25, 0.3) is 0 Å². The Labute approximate surface area is 118 Å². The fourth-order valence-corrected chi connectivity index (χ4v) is 3.21. The lowest BCUT2D eigenvalue weighted by Crippen LogP contribution is -2.13. The van der Waals surface area contributed by atoms with E-state index >= 15 is 0 Å². The summed E-state index contributed by atoms with van der Waals surface area (Å²) in [5, 5.41) is 7.84. The summed E-state index contributed by atoms with van der Waals surface area (Å²) >= 11 is 1.85. The summed E-state index contributed by atoms with van der Waals surface area (Å²) < 4.78 is 7.17. The molecule has 0 radical (unpaired) electrons. The fraction of sp³-hybridized carbons (Fsp3) is 0.500. The van der Waals surface area contributed by atoms with Crippen molar-refractivity contribution in [2.75, 3.05) is 7.11 Å². The standard InChI is InChI=1S/C14H21N3OS/c1-9-6-12(19-11(9)3)7-15-8-13-10(2)16-17(4)14(13)18-5/h6,15H,7-8H2,1-5H3. The topological polar surface area (TPSA) is 39.1 Å². The second kappa shape index (κ2) is 5.75. The average Bonchev–Trinajstić information content (AvgIpc) is 2.80. The molecule has 5 heteroatoms. The highest BCUT2D eigenvalue weighted by Gasteiger charge is 2.13. The van der Waals surface area contributed by atoms with Crippen LogP contribution < -0.4 is 10.1 Å². The van der Waals surface area contributed by atoms with Gasteiger partial charge in [-0.05, 0) is 32.4 Å². The van der Waals surface area contributed by atoms with Gasteiger partial charge in [0.1, 0.15) is 0 Å². The van der Waals surface area contributed by atoms with Crippen molar-refractivity contribution in [3.63, 3.8) is 0 Å². The molecule has 0 aromatic carbocycles.